The van der Waals surface area contributed by atoms with E-state index in [1.54, 1.807) is 5.32 Å². The second-order valence-electron chi connectivity index (χ2n) is 3.33. The molecule has 0 aromatic heterocycles. The van der Waals surface area contributed by atoms with E-state index in [-0.39, 0.29) is 17.1 Å². The minimum atomic E-state index is -4.76. The molecule has 0 aliphatic rings. The number of anilines is 2. The van der Waals surface area contributed by atoms with E-state index >= 15 is 0 Å². The molecule has 1 rings (SSSR count). The van der Waals surface area contributed by atoms with Gasteiger partial charge in [-0.2, -0.15) is 8.78 Å². The quantitative estimate of drug-likeness (QED) is 0.648. The monoisotopic (exact) mass is 266 g/mol. The van der Waals surface area contributed by atoms with Crippen LogP contribution < -0.4 is 15.8 Å². The maximum atomic E-state index is 12.7. The molecule has 0 radical (unpaired) electrons. The van der Waals surface area contributed by atoms with Crippen molar-refractivity contribution in [2.24, 2.45) is 0 Å². The first-order chi connectivity index (χ1) is 8.28. The van der Waals surface area contributed by atoms with Crippen LogP contribution in [0.15, 0.2) is 18.2 Å². The fourth-order valence-electron chi connectivity index (χ4n) is 1.13. The number of benzene rings is 1. The number of hydrogen-bond donors (Lipinski definition) is 2. The number of rotatable bonds is 4. The number of carbonyl (C=O) groups is 1. The lowest BCUT2D eigenvalue weighted by Gasteiger charge is -2.15. The van der Waals surface area contributed by atoms with Gasteiger partial charge in [-0.25, -0.2) is 8.78 Å². The maximum absolute atomic E-state index is 12.7. The molecule has 0 aliphatic heterocycles. The number of alkyl halides is 4. The first kappa shape index (κ1) is 14.1. The largest absolute Gasteiger partial charge is 0.495 e. The van der Waals surface area contributed by atoms with Crippen molar-refractivity contribution >= 4 is 17.3 Å². The van der Waals surface area contributed by atoms with E-state index < -0.39 is 18.3 Å². The molecule has 1 amide bonds. The summed E-state index contributed by atoms with van der Waals surface area (Å²) in [5.74, 6) is -6.58. The summed E-state index contributed by atoms with van der Waals surface area (Å²) in [6.07, 6.45) is -4.08. The number of ether oxygens (including phenoxy) is 1. The molecule has 0 heterocycles. The molecular weight excluding hydrogens is 256 g/mol. The van der Waals surface area contributed by atoms with E-state index in [4.69, 9.17) is 10.5 Å². The molecule has 0 saturated carbocycles. The molecule has 8 heteroatoms. The highest BCUT2D eigenvalue weighted by atomic mass is 19.3. The lowest BCUT2D eigenvalue weighted by molar-refractivity contribution is -0.163. The molecule has 1 aromatic carbocycles. The molecule has 0 saturated heterocycles. The third-order valence-electron chi connectivity index (χ3n) is 2.06. The number of nitrogens with one attached hydrogen (secondary N) is 1. The maximum Gasteiger partial charge on any atom is 0.383 e. The summed E-state index contributed by atoms with van der Waals surface area (Å²) < 4.78 is 53.9. The van der Waals surface area contributed by atoms with E-state index in [2.05, 4.69) is 0 Å². The van der Waals surface area contributed by atoms with Gasteiger partial charge >= 0.3 is 18.3 Å². The molecule has 0 bridgehead atoms. The Balaban J connectivity index is 2.86. The van der Waals surface area contributed by atoms with E-state index in [0.717, 1.165) is 6.07 Å². The summed E-state index contributed by atoms with van der Waals surface area (Å²) in [6.45, 7) is 0. The van der Waals surface area contributed by atoms with Crippen LogP contribution in [-0.4, -0.2) is 25.4 Å². The molecule has 0 unspecified atom stereocenters. The Morgan fingerprint density at radius 2 is 2.06 bits per heavy atom. The van der Waals surface area contributed by atoms with Crippen molar-refractivity contribution in [1.82, 2.24) is 0 Å². The molecular formula is C10H10F4N2O2. The Labute approximate surface area is 99.7 Å². The normalized spacial score (nSPS) is 11.4. The summed E-state index contributed by atoms with van der Waals surface area (Å²) in [5, 5.41) is 1.65. The van der Waals surface area contributed by atoms with Gasteiger partial charge in [0.25, 0.3) is 0 Å². The highest BCUT2D eigenvalue weighted by Gasteiger charge is 2.48. The minimum absolute atomic E-state index is 0.0793. The zero-order valence-corrected chi connectivity index (χ0v) is 9.22. The van der Waals surface area contributed by atoms with Gasteiger partial charge in [0, 0.05) is 5.69 Å². The molecule has 0 spiro atoms. The number of amides is 1. The fraction of sp³-hybridized carbons (Fsp3) is 0.300. The van der Waals surface area contributed by atoms with Crippen LogP contribution in [0.25, 0.3) is 0 Å². The van der Waals surface area contributed by atoms with Crippen LogP contribution in [0, 0.1) is 0 Å². The van der Waals surface area contributed by atoms with Gasteiger partial charge in [0.2, 0.25) is 0 Å². The Kier molecular flexibility index (Phi) is 4.00. The molecule has 1 aromatic rings. The average molecular weight is 266 g/mol. The second kappa shape index (κ2) is 5.11. The summed E-state index contributed by atoms with van der Waals surface area (Å²) in [7, 11) is 1.34. The van der Waals surface area contributed by atoms with Gasteiger partial charge in [0.05, 0.1) is 12.8 Å². The van der Waals surface area contributed by atoms with Gasteiger partial charge in [-0.3, -0.25) is 4.79 Å². The predicted octanol–water partition coefficient (Wildman–Crippen LogP) is 2.12. The van der Waals surface area contributed by atoms with Gasteiger partial charge in [-0.1, -0.05) is 0 Å². The van der Waals surface area contributed by atoms with Gasteiger partial charge < -0.3 is 15.8 Å². The minimum Gasteiger partial charge on any atom is -0.495 e. The zero-order valence-electron chi connectivity index (χ0n) is 9.22. The molecule has 18 heavy (non-hydrogen) atoms. The number of halogens is 4. The first-order valence-electron chi connectivity index (χ1n) is 4.70. The van der Waals surface area contributed by atoms with Crippen LogP contribution in [0.1, 0.15) is 0 Å². The van der Waals surface area contributed by atoms with Crippen molar-refractivity contribution in [2.75, 3.05) is 18.2 Å². The highest BCUT2D eigenvalue weighted by molar-refractivity contribution is 5.96. The van der Waals surface area contributed by atoms with Crippen LogP contribution in [0.4, 0.5) is 28.9 Å². The SMILES string of the molecule is COc1ccc(NC(=O)C(F)(F)C(F)F)cc1N. The van der Waals surface area contributed by atoms with Gasteiger partial charge in [-0.15, -0.1) is 0 Å². The van der Waals surface area contributed by atoms with Crippen LogP contribution in [0.3, 0.4) is 0 Å². The smallest absolute Gasteiger partial charge is 0.383 e. The Morgan fingerprint density at radius 1 is 1.44 bits per heavy atom. The molecule has 100 valence electrons. The third kappa shape index (κ3) is 2.82. The van der Waals surface area contributed by atoms with Crippen molar-refractivity contribution in [1.29, 1.82) is 0 Å². The third-order valence-corrected chi connectivity index (χ3v) is 2.06. The van der Waals surface area contributed by atoms with E-state index in [1.165, 1.54) is 19.2 Å². The fourth-order valence-corrected chi connectivity index (χ4v) is 1.13. The van der Waals surface area contributed by atoms with Crippen LogP contribution in [0.5, 0.6) is 5.75 Å². The Hall–Kier alpha value is -1.99. The molecule has 3 N–H and O–H groups in total. The van der Waals surface area contributed by atoms with Crippen molar-refractivity contribution in [3.63, 3.8) is 0 Å². The zero-order chi connectivity index (χ0) is 13.9. The number of carbonyl (C=O) groups excluding carboxylic acids is 1. The molecule has 0 fully saturated rings. The number of hydrogen-bond acceptors (Lipinski definition) is 3. The van der Waals surface area contributed by atoms with Crippen molar-refractivity contribution < 1.29 is 27.1 Å². The molecule has 4 nitrogen and oxygen atoms in total. The summed E-state index contributed by atoms with van der Waals surface area (Å²) in [4.78, 5) is 10.9. The lowest BCUT2D eigenvalue weighted by atomic mass is 10.2. The van der Waals surface area contributed by atoms with Crippen LogP contribution in [0.2, 0.25) is 0 Å². The standard InChI is InChI=1S/C10H10F4N2O2/c1-18-7-3-2-5(4-6(7)15)16-9(17)10(13,14)8(11)12/h2-4,8H,15H2,1H3,(H,16,17). The van der Waals surface area contributed by atoms with Crippen molar-refractivity contribution in [3.8, 4) is 5.75 Å². The van der Waals surface area contributed by atoms with E-state index in [9.17, 15) is 22.4 Å². The highest BCUT2D eigenvalue weighted by Crippen LogP contribution is 2.28. The van der Waals surface area contributed by atoms with Gasteiger partial charge in [0.1, 0.15) is 5.75 Å². The Morgan fingerprint density at radius 3 is 2.50 bits per heavy atom. The van der Waals surface area contributed by atoms with Crippen molar-refractivity contribution in [3.05, 3.63) is 18.2 Å². The van der Waals surface area contributed by atoms with E-state index in [1.807, 2.05) is 0 Å². The summed E-state index contributed by atoms with van der Waals surface area (Å²) >= 11 is 0. The number of nitrogen functional groups attached to an aromatic ring is 1. The molecule has 0 atom stereocenters. The van der Waals surface area contributed by atoms with Crippen LogP contribution >= 0.6 is 0 Å². The average Bonchev–Trinajstić information content (AvgIpc) is 2.28. The number of methoxy groups -OCH3 is 1. The first-order valence-corrected chi connectivity index (χ1v) is 4.70. The van der Waals surface area contributed by atoms with Crippen molar-refractivity contribution in [2.45, 2.75) is 12.3 Å². The van der Waals surface area contributed by atoms with Crippen LogP contribution in [-0.2, 0) is 4.79 Å². The number of nitrogens with two attached hydrogens (primary N) is 1. The summed E-state index contributed by atoms with van der Waals surface area (Å²) in [5.41, 5.74) is 5.42. The summed E-state index contributed by atoms with van der Waals surface area (Å²) in [6, 6.07) is 3.64. The van der Waals surface area contributed by atoms with Gasteiger partial charge in [0.15, 0.2) is 0 Å². The lowest BCUT2D eigenvalue weighted by Crippen LogP contribution is -2.40. The molecule has 0 aliphatic carbocycles. The van der Waals surface area contributed by atoms with Gasteiger partial charge in [-0.05, 0) is 18.2 Å². The Bertz CT molecular complexity index is 452. The van der Waals surface area contributed by atoms with E-state index in [0.29, 0.717) is 0 Å². The predicted molar refractivity (Wildman–Crippen MR) is 57.0 cm³/mol. The topological polar surface area (TPSA) is 64.3 Å². The second-order valence-corrected chi connectivity index (χ2v) is 3.33.